The Kier molecular flexibility index (Phi) is 6.56. The van der Waals surface area contributed by atoms with Crippen LogP contribution in [0.4, 0.5) is 4.79 Å². The van der Waals surface area contributed by atoms with Gasteiger partial charge in [-0.15, -0.1) is 0 Å². The first-order valence-electron chi connectivity index (χ1n) is 7.65. The summed E-state index contributed by atoms with van der Waals surface area (Å²) in [7, 11) is 0. The molecule has 124 valence electrons. The molecule has 0 bridgehead atoms. The SMILES string of the molecule is Cc1noc(CCNC(=O)NCC(CCO)c2ccccc2)n1. The second-order valence-electron chi connectivity index (χ2n) is 5.24. The molecule has 2 amide bonds. The standard InChI is InChI=1S/C16H22N4O3/c1-12-19-15(23-20-12)7-9-17-16(22)18-11-14(8-10-21)13-5-3-2-4-6-13/h2-6,14,21H,7-11H2,1H3,(H2,17,18,22). The van der Waals surface area contributed by atoms with Gasteiger partial charge in [0.15, 0.2) is 5.82 Å². The lowest BCUT2D eigenvalue weighted by molar-refractivity contribution is 0.237. The number of aliphatic hydroxyl groups excluding tert-OH is 1. The van der Waals surface area contributed by atoms with E-state index in [0.717, 1.165) is 5.56 Å². The third-order valence-electron chi connectivity index (χ3n) is 3.45. The van der Waals surface area contributed by atoms with E-state index in [2.05, 4.69) is 20.8 Å². The van der Waals surface area contributed by atoms with E-state index in [1.54, 1.807) is 6.92 Å². The lowest BCUT2D eigenvalue weighted by atomic mass is 9.96. The molecule has 7 nitrogen and oxygen atoms in total. The lowest BCUT2D eigenvalue weighted by Crippen LogP contribution is -2.38. The molecule has 1 heterocycles. The normalized spacial score (nSPS) is 11.9. The molecule has 1 aromatic heterocycles. The van der Waals surface area contributed by atoms with Crippen molar-refractivity contribution in [3.63, 3.8) is 0 Å². The van der Waals surface area contributed by atoms with Gasteiger partial charge in [0.1, 0.15) is 0 Å². The Morgan fingerprint density at radius 2 is 2.09 bits per heavy atom. The predicted molar refractivity (Wildman–Crippen MR) is 85.0 cm³/mol. The Bertz CT molecular complexity index is 600. The van der Waals surface area contributed by atoms with E-state index in [-0.39, 0.29) is 18.6 Å². The smallest absolute Gasteiger partial charge is 0.314 e. The molecule has 0 aliphatic heterocycles. The van der Waals surface area contributed by atoms with Crippen LogP contribution in [-0.2, 0) is 6.42 Å². The Morgan fingerprint density at radius 3 is 2.74 bits per heavy atom. The fourth-order valence-corrected chi connectivity index (χ4v) is 2.27. The highest BCUT2D eigenvalue weighted by Gasteiger charge is 2.12. The first kappa shape index (κ1) is 17.0. The Labute approximate surface area is 135 Å². The summed E-state index contributed by atoms with van der Waals surface area (Å²) >= 11 is 0. The van der Waals surface area contributed by atoms with Crippen molar-refractivity contribution < 1.29 is 14.4 Å². The minimum atomic E-state index is -0.250. The molecule has 0 aliphatic carbocycles. The van der Waals surface area contributed by atoms with Gasteiger partial charge >= 0.3 is 6.03 Å². The average molecular weight is 318 g/mol. The maximum atomic E-state index is 11.8. The zero-order valence-corrected chi connectivity index (χ0v) is 13.2. The third kappa shape index (κ3) is 5.71. The number of aryl methyl sites for hydroxylation is 1. The fourth-order valence-electron chi connectivity index (χ4n) is 2.27. The number of amides is 2. The van der Waals surface area contributed by atoms with Crippen LogP contribution in [0.15, 0.2) is 34.9 Å². The molecule has 0 spiro atoms. The number of hydrogen-bond acceptors (Lipinski definition) is 5. The molecule has 1 atom stereocenters. The molecular weight excluding hydrogens is 296 g/mol. The van der Waals surface area contributed by atoms with Crippen molar-refractivity contribution in [1.29, 1.82) is 0 Å². The van der Waals surface area contributed by atoms with Crippen molar-refractivity contribution in [1.82, 2.24) is 20.8 Å². The highest BCUT2D eigenvalue weighted by molar-refractivity contribution is 5.73. The van der Waals surface area contributed by atoms with Gasteiger partial charge < -0.3 is 20.3 Å². The Balaban J connectivity index is 1.73. The molecule has 2 aromatic rings. The zero-order valence-electron chi connectivity index (χ0n) is 13.2. The number of aliphatic hydroxyl groups is 1. The van der Waals surface area contributed by atoms with Gasteiger partial charge in [-0.2, -0.15) is 4.98 Å². The molecule has 0 saturated carbocycles. The second-order valence-corrected chi connectivity index (χ2v) is 5.24. The fraction of sp³-hybridized carbons (Fsp3) is 0.438. The number of nitrogens with one attached hydrogen (secondary N) is 2. The molecule has 0 radical (unpaired) electrons. The summed E-state index contributed by atoms with van der Waals surface area (Å²) in [5.74, 6) is 1.18. The van der Waals surface area contributed by atoms with Crippen molar-refractivity contribution in [2.24, 2.45) is 0 Å². The van der Waals surface area contributed by atoms with Crippen LogP contribution >= 0.6 is 0 Å². The van der Waals surface area contributed by atoms with Gasteiger partial charge in [-0.1, -0.05) is 35.5 Å². The van der Waals surface area contributed by atoms with E-state index in [1.807, 2.05) is 30.3 Å². The maximum absolute atomic E-state index is 11.8. The topological polar surface area (TPSA) is 100 Å². The predicted octanol–water partition coefficient (Wildman–Crippen LogP) is 1.39. The highest BCUT2D eigenvalue weighted by Crippen LogP contribution is 2.17. The van der Waals surface area contributed by atoms with Gasteiger partial charge in [0, 0.05) is 32.0 Å². The third-order valence-corrected chi connectivity index (χ3v) is 3.45. The number of hydrogen-bond donors (Lipinski definition) is 3. The lowest BCUT2D eigenvalue weighted by Gasteiger charge is -2.17. The van der Waals surface area contributed by atoms with E-state index in [9.17, 15) is 9.90 Å². The summed E-state index contributed by atoms with van der Waals surface area (Å²) in [6.07, 6.45) is 1.10. The molecule has 1 unspecified atom stereocenters. The van der Waals surface area contributed by atoms with Gasteiger partial charge in [0.05, 0.1) is 0 Å². The summed E-state index contributed by atoms with van der Waals surface area (Å²) in [6, 6.07) is 9.59. The number of urea groups is 1. The largest absolute Gasteiger partial charge is 0.396 e. The minimum absolute atomic E-state index is 0.0827. The van der Waals surface area contributed by atoms with Gasteiger partial charge in [-0.05, 0) is 18.9 Å². The van der Waals surface area contributed by atoms with Gasteiger partial charge in [0.2, 0.25) is 5.89 Å². The zero-order chi connectivity index (χ0) is 16.5. The molecule has 3 N–H and O–H groups in total. The van der Waals surface area contributed by atoms with Gasteiger partial charge in [0.25, 0.3) is 0 Å². The van der Waals surface area contributed by atoms with E-state index in [4.69, 9.17) is 4.52 Å². The molecule has 1 aromatic carbocycles. The number of carbonyl (C=O) groups excluding carboxylic acids is 1. The van der Waals surface area contributed by atoms with E-state index >= 15 is 0 Å². The first-order valence-corrected chi connectivity index (χ1v) is 7.65. The average Bonchev–Trinajstić information content (AvgIpc) is 2.97. The summed E-state index contributed by atoms with van der Waals surface area (Å²) in [5.41, 5.74) is 1.10. The van der Waals surface area contributed by atoms with Gasteiger partial charge in [-0.3, -0.25) is 0 Å². The summed E-state index contributed by atoms with van der Waals surface area (Å²) in [5, 5.41) is 18.4. The number of rotatable bonds is 8. The summed E-state index contributed by atoms with van der Waals surface area (Å²) < 4.78 is 4.97. The van der Waals surface area contributed by atoms with E-state index in [0.29, 0.717) is 37.6 Å². The molecule has 0 saturated heterocycles. The second kappa shape index (κ2) is 8.89. The van der Waals surface area contributed by atoms with Crippen LogP contribution in [0, 0.1) is 6.92 Å². The van der Waals surface area contributed by atoms with Crippen molar-refractivity contribution in [2.75, 3.05) is 19.7 Å². The van der Waals surface area contributed by atoms with Crippen LogP contribution in [0.3, 0.4) is 0 Å². The molecule has 0 aliphatic rings. The van der Waals surface area contributed by atoms with Crippen molar-refractivity contribution in [3.8, 4) is 0 Å². The molecule has 7 heteroatoms. The van der Waals surface area contributed by atoms with Crippen LogP contribution in [0.5, 0.6) is 0 Å². The van der Waals surface area contributed by atoms with Crippen LogP contribution in [0.1, 0.15) is 29.6 Å². The van der Waals surface area contributed by atoms with Crippen LogP contribution in [-0.4, -0.2) is 41.0 Å². The molecule has 0 fully saturated rings. The van der Waals surface area contributed by atoms with E-state index < -0.39 is 0 Å². The first-order chi connectivity index (χ1) is 11.2. The Morgan fingerprint density at radius 1 is 1.30 bits per heavy atom. The number of aromatic nitrogens is 2. The molecule has 23 heavy (non-hydrogen) atoms. The molecule has 2 rings (SSSR count). The van der Waals surface area contributed by atoms with Crippen molar-refractivity contribution in [2.45, 2.75) is 25.7 Å². The van der Waals surface area contributed by atoms with Crippen LogP contribution < -0.4 is 10.6 Å². The van der Waals surface area contributed by atoms with Crippen molar-refractivity contribution >= 4 is 6.03 Å². The number of benzene rings is 1. The maximum Gasteiger partial charge on any atom is 0.314 e. The number of nitrogens with zero attached hydrogens (tertiary/aromatic N) is 2. The monoisotopic (exact) mass is 318 g/mol. The number of carbonyl (C=O) groups is 1. The van der Waals surface area contributed by atoms with Gasteiger partial charge in [-0.25, -0.2) is 4.79 Å². The minimum Gasteiger partial charge on any atom is -0.396 e. The summed E-state index contributed by atoms with van der Waals surface area (Å²) in [6.45, 7) is 2.72. The van der Waals surface area contributed by atoms with Crippen LogP contribution in [0.25, 0.3) is 0 Å². The highest BCUT2D eigenvalue weighted by atomic mass is 16.5. The van der Waals surface area contributed by atoms with Crippen molar-refractivity contribution in [3.05, 3.63) is 47.6 Å². The Hall–Kier alpha value is -2.41. The summed E-state index contributed by atoms with van der Waals surface area (Å²) in [4.78, 5) is 15.9. The van der Waals surface area contributed by atoms with E-state index in [1.165, 1.54) is 0 Å². The van der Waals surface area contributed by atoms with Crippen LogP contribution in [0.2, 0.25) is 0 Å². The molecular formula is C16H22N4O3. The quantitative estimate of drug-likeness (QED) is 0.683.